The molecule has 0 unspecified atom stereocenters. The number of carbonyl (C=O) groups excluding carboxylic acids is 1. The van der Waals surface area contributed by atoms with Gasteiger partial charge in [-0.15, -0.1) is 6.58 Å². The van der Waals surface area contributed by atoms with E-state index in [2.05, 4.69) is 43.9 Å². The molecule has 0 radical (unpaired) electrons. The highest BCUT2D eigenvalue weighted by Gasteiger charge is 2.42. The first-order valence-corrected chi connectivity index (χ1v) is 11.0. The summed E-state index contributed by atoms with van der Waals surface area (Å²) in [6.45, 7) is 6.73. The van der Waals surface area contributed by atoms with Crippen molar-refractivity contribution < 1.29 is 4.79 Å². The van der Waals surface area contributed by atoms with E-state index in [-0.39, 0.29) is 5.91 Å². The fourth-order valence-electron chi connectivity index (χ4n) is 4.63. The second-order valence-corrected chi connectivity index (χ2v) is 8.41. The van der Waals surface area contributed by atoms with E-state index in [4.69, 9.17) is 0 Å². The number of likely N-dealkylation sites (tertiary alicyclic amines) is 1. The molecule has 0 spiro atoms. The zero-order valence-corrected chi connectivity index (χ0v) is 18.3. The second-order valence-electron chi connectivity index (χ2n) is 8.41. The average Bonchev–Trinajstić information content (AvgIpc) is 2.84. The van der Waals surface area contributed by atoms with E-state index in [1.54, 1.807) is 6.08 Å². The van der Waals surface area contributed by atoms with Crippen molar-refractivity contribution in [2.24, 2.45) is 5.41 Å². The van der Waals surface area contributed by atoms with Gasteiger partial charge in [0.05, 0.1) is 5.41 Å². The van der Waals surface area contributed by atoms with Crippen LogP contribution in [0.2, 0.25) is 0 Å². The molecule has 1 N–H and O–H groups in total. The van der Waals surface area contributed by atoms with Crippen LogP contribution in [0.3, 0.4) is 0 Å². The Morgan fingerprint density at radius 1 is 1.12 bits per heavy atom. The molecule has 1 amide bonds. The van der Waals surface area contributed by atoms with Crippen molar-refractivity contribution in [3.05, 3.63) is 91.3 Å². The first-order valence-electron chi connectivity index (χ1n) is 11.0. The number of nitrogens with zero attached hydrogens (tertiary/aromatic N) is 4. The van der Waals surface area contributed by atoms with Crippen LogP contribution in [0.4, 0.5) is 0 Å². The molecule has 1 fully saturated rings. The molecule has 1 saturated heterocycles. The molecule has 32 heavy (non-hydrogen) atoms. The van der Waals surface area contributed by atoms with Gasteiger partial charge in [0.25, 0.3) is 0 Å². The lowest BCUT2D eigenvalue weighted by atomic mass is 9.73. The third kappa shape index (κ3) is 5.08. The maximum absolute atomic E-state index is 13.5. The number of hydrogen-bond donors (Lipinski definition) is 1. The number of benzene rings is 1. The topological polar surface area (TPSA) is 71.0 Å². The lowest BCUT2D eigenvalue weighted by Crippen LogP contribution is -2.53. The van der Waals surface area contributed by atoms with Gasteiger partial charge in [0.1, 0.15) is 6.33 Å². The zero-order chi connectivity index (χ0) is 22.2. The van der Waals surface area contributed by atoms with E-state index < -0.39 is 5.41 Å². The Morgan fingerprint density at radius 2 is 1.91 bits per heavy atom. The maximum Gasteiger partial charge on any atom is 0.228 e. The summed E-state index contributed by atoms with van der Waals surface area (Å²) in [5, 5.41) is 3.09. The van der Waals surface area contributed by atoms with Gasteiger partial charge in [0, 0.05) is 50.0 Å². The van der Waals surface area contributed by atoms with Crippen LogP contribution in [-0.2, 0) is 17.8 Å². The monoisotopic (exact) mass is 427 g/mol. The number of hydrogen-bond acceptors (Lipinski definition) is 5. The Bertz CT molecular complexity index is 1040. The predicted molar refractivity (Wildman–Crippen MR) is 126 cm³/mol. The van der Waals surface area contributed by atoms with Crippen molar-refractivity contribution in [2.45, 2.75) is 25.8 Å². The summed E-state index contributed by atoms with van der Waals surface area (Å²) < 4.78 is 0. The van der Waals surface area contributed by atoms with Gasteiger partial charge in [-0.2, -0.15) is 0 Å². The number of nitrogens with one attached hydrogen (secondary N) is 1. The van der Waals surface area contributed by atoms with Crippen molar-refractivity contribution in [3.8, 4) is 11.1 Å². The van der Waals surface area contributed by atoms with Crippen LogP contribution in [0.25, 0.3) is 11.1 Å². The van der Waals surface area contributed by atoms with E-state index in [1.165, 1.54) is 11.9 Å². The van der Waals surface area contributed by atoms with Gasteiger partial charge in [0.2, 0.25) is 5.91 Å². The third-order valence-electron chi connectivity index (χ3n) is 6.12. The Labute approximate surface area is 189 Å². The highest BCUT2D eigenvalue weighted by Crippen LogP contribution is 2.37. The summed E-state index contributed by atoms with van der Waals surface area (Å²) >= 11 is 0. The molecule has 3 heterocycles. The average molecular weight is 428 g/mol. The summed E-state index contributed by atoms with van der Waals surface area (Å²) in [6, 6.07) is 12.3. The van der Waals surface area contributed by atoms with Gasteiger partial charge < -0.3 is 5.32 Å². The molecule has 164 valence electrons. The van der Waals surface area contributed by atoms with Crippen LogP contribution in [0.1, 0.15) is 24.0 Å². The first kappa shape index (κ1) is 21.8. The van der Waals surface area contributed by atoms with Crippen LogP contribution in [0, 0.1) is 5.41 Å². The van der Waals surface area contributed by atoms with Crippen LogP contribution in [-0.4, -0.2) is 45.4 Å². The smallest absolute Gasteiger partial charge is 0.228 e. The van der Waals surface area contributed by atoms with Gasteiger partial charge in [-0.3, -0.25) is 14.7 Å². The standard InChI is InChI=1S/C26H29N5O/c1-2-11-30-25(32)26(10-5-14-31(19-26)18-21-8-12-27-13-9-21)15-22-6-3-4-7-24(22)23-16-28-20-29-17-23/h2-4,6-9,12-13,16-17,20H,1,5,10-11,14-15,18-19H2,(H,30,32)/t26-/m1/s1. The summed E-state index contributed by atoms with van der Waals surface area (Å²) in [4.78, 5) is 28.4. The molecule has 6 nitrogen and oxygen atoms in total. The number of carbonyl (C=O) groups is 1. The molecular formula is C26H29N5O. The predicted octanol–water partition coefficient (Wildman–Crippen LogP) is 3.67. The highest BCUT2D eigenvalue weighted by molar-refractivity contribution is 5.84. The number of pyridine rings is 1. The Hall–Kier alpha value is -3.38. The van der Waals surface area contributed by atoms with Crippen molar-refractivity contribution in [2.75, 3.05) is 19.6 Å². The normalized spacial score (nSPS) is 18.8. The zero-order valence-electron chi connectivity index (χ0n) is 18.3. The van der Waals surface area contributed by atoms with Crippen LogP contribution < -0.4 is 5.32 Å². The minimum atomic E-state index is -0.514. The van der Waals surface area contributed by atoms with Gasteiger partial charge in [-0.1, -0.05) is 30.3 Å². The number of aromatic nitrogens is 3. The Kier molecular flexibility index (Phi) is 7.02. The molecule has 3 aromatic rings. The summed E-state index contributed by atoms with van der Waals surface area (Å²) in [7, 11) is 0. The van der Waals surface area contributed by atoms with Crippen molar-refractivity contribution in [3.63, 3.8) is 0 Å². The summed E-state index contributed by atoms with van der Waals surface area (Å²) in [6.07, 6.45) is 13.1. The maximum atomic E-state index is 13.5. The molecule has 0 saturated carbocycles. The van der Waals surface area contributed by atoms with Crippen molar-refractivity contribution >= 4 is 5.91 Å². The quantitative estimate of drug-likeness (QED) is 0.556. The molecule has 1 aromatic carbocycles. The molecule has 6 heteroatoms. The number of amides is 1. The van der Waals surface area contributed by atoms with Crippen LogP contribution in [0.5, 0.6) is 0 Å². The molecule has 0 bridgehead atoms. The van der Waals surface area contributed by atoms with E-state index in [9.17, 15) is 4.79 Å². The molecule has 1 atom stereocenters. The fraction of sp³-hybridized carbons (Fsp3) is 0.308. The minimum Gasteiger partial charge on any atom is -0.352 e. The third-order valence-corrected chi connectivity index (χ3v) is 6.12. The lowest BCUT2D eigenvalue weighted by Gasteiger charge is -2.42. The van der Waals surface area contributed by atoms with E-state index in [1.807, 2.05) is 49.1 Å². The molecular weight excluding hydrogens is 398 g/mol. The SMILES string of the molecule is C=CCNC(=O)[C@@]1(Cc2ccccc2-c2cncnc2)CCCN(Cc2ccncc2)C1. The molecule has 2 aromatic heterocycles. The summed E-state index contributed by atoms with van der Waals surface area (Å²) in [5.41, 5.74) is 3.88. The van der Waals surface area contributed by atoms with Gasteiger partial charge >= 0.3 is 0 Å². The van der Waals surface area contributed by atoms with E-state index >= 15 is 0 Å². The molecule has 1 aliphatic rings. The van der Waals surface area contributed by atoms with Gasteiger partial charge in [-0.05, 0) is 54.6 Å². The second kappa shape index (κ2) is 10.3. The largest absolute Gasteiger partial charge is 0.352 e. The Morgan fingerprint density at radius 3 is 2.69 bits per heavy atom. The lowest BCUT2D eigenvalue weighted by molar-refractivity contribution is -0.134. The van der Waals surface area contributed by atoms with Crippen LogP contribution >= 0.6 is 0 Å². The van der Waals surface area contributed by atoms with Crippen LogP contribution in [0.15, 0.2) is 80.2 Å². The number of piperidine rings is 1. The minimum absolute atomic E-state index is 0.0935. The highest BCUT2D eigenvalue weighted by atomic mass is 16.2. The van der Waals surface area contributed by atoms with Gasteiger partial charge in [-0.25, -0.2) is 9.97 Å². The summed E-state index contributed by atoms with van der Waals surface area (Å²) in [5.74, 6) is 0.0935. The molecule has 1 aliphatic heterocycles. The van der Waals surface area contributed by atoms with Gasteiger partial charge in [0.15, 0.2) is 0 Å². The van der Waals surface area contributed by atoms with E-state index in [0.29, 0.717) is 19.5 Å². The molecule has 0 aliphatic carbocycles. The Balaban J connectivity index is 1.64. The first-order chi connectivity index (χ1) is 15.7. The fourth-order valence-corrected chi connectivity index (χ4v) is 4.63. The number of rotatable bonds is 8. The van der Waals surface area contributed by atoms with E-state index in [0.717, 1.165) is 42.6 Å². The van der Waals surface area contributed by atoms with Crippen molar-refractivity contribution in [1.82, 2.24) is 25.2 Å². The van der Waals surface area contributed by atoms with Crippen molar-refractivity contribution in [1.29, 1.82) is 0 Å². The molecule has 4 rings (SSSR count).